The minimum absolute atomic E-state index is 0.0249. The molecule has 4 aliphatic carbocycles. The van der Waals surface area contributed by atoms with Gasteiger partial charge < -0.3 is 4.74 Å². The van der Waals surface area contributed by atoms with Gasteiger partial charge in [-0.1, -0.05) is 135 Å². The van der Waals surface area contributed by atoms with Crippen molar-refractivity contribution in [2.75, 3.05) is 0 Å². The molecule has 3 saturated carbocycles. The summed E-state index contributed by atoms with van der Waals surface area (Å²) in [5.74, 6) is 6.50. The summed E-state index contributed by atoms with van der Waals surface area (Å²) < 4.78 is 6.61. The van der Waals surface area contributed by atoms with Crippen molar-refractivity contribution in [3.63, 3.8) is 0 Å². The average molecular weight is 739 g/mol. The van der Waals surface area contributed by atoms with Gasteiger partial charge in [0.1, 0.15) is 17.3 Å². The Balaban J connectivity index is 1.00. The largest absolute Gasteiger partial charge is 0.457 e. The van der Waals surface area contributed by atoms with E-state index in [1.165, 1.54) is 86.9 Å². The lowest BCUT2D eigenvalue weighted by Crippen LogP contribution is -2.58. The molecular formula is C54H46N2O. The van der Waals surface area contributed by atoms with Gasteiger partial charge in [0.25, 0.3) is 0 Å². The Morgan fingerprint density at radius 3 is 1.89 bits per heavy atom. The van der Waals surface area contributed by atoms with Gasteiger partial charge >= 0.3 is 0 Å². The zero-order valence-electron chi connectivity index (χ0n) is 32.7. The number of benzene rings is 6. The van der Waals surface area contributed by atoms with Crippen LogP contribution in [0.15, 0.2) is 161 Å². The number of hydrogen-bond acceptors (Lipinski definition) is 3. The highest BCUT2D eigenvalue weighted by Crippen LogP contribution is 2.67. The molecule has 1 spiro atoms. The standard InChI is InChI=1S/C54H46N2O/c1-3-33-30-47(55-52(56-51(33)34-14-5-4-6-15-34)53(2)31-39-27-38-28-40(32-53)50(38)39)37-17-13-16-35(26-37)36-24-25-42-41-18-7-8-19-43(41)54(46(42)29-36)44-20-9-11-22-48(44)57-49-23-12-10-21-45(49)54/h4-26,29,38-40,50H,3,27-28,30-32H2,1-2H3/t38?,39-,40?,50?,53?/m1/s1. The molecule has 5 atom stereocenters. The summed E-state index contributed by atoms with van der Waals surface area (Å²) in [6, 6.07) is 53.4. The third-order valence-corrected chi connectivity index (χ3v) is 14.8. The lowest BCUT2D eigenvalue weighted by atomic mass is 9.40. The van der Waals surface area contributed by atoms with Crippen LogP contribution in [0.5, 0.6) is 11.5 Å². The summed E-state index contributed by atoms with van der Waals surface area (Å²) in [5, 5.41) is 0. The maximum Gasteiger partial charge on any atom is 0.135 e. The van der Waals surface area contributed by atoms with E-state index in [1.54, 1.807) is 0 Å². The van der Waals surface area contributed by atoms with Crippen LogP contribution in [0.2, 0.25) is 0 Å². The molecule has 0 aromatic heterocycles. The molecule has 278 valence electrons. The minimum atomic E-state index is -0.494. The van der Waals surface area contributed by atoms with Crippen LogP contribution in [0.3, 0.4) is 0 Å². The van der Waals surface area contributed by atoms with Crippen molar-refractivity contribution in [1.82, 2.24) is 0 Å². The molecular weight excluding hydrogens is 693 g/mol. The van der Waals surface area contributed by atoms with Gasteiger partial charge in [-0.15, -0.1) is 0 Å². The number of rotatable bonds is 5. The van der Waals surface area contributed by atoms with Crippen LogP contribution in [0, 0.1) is 29.1 Å². The Hall–Kier alpha value is -5.80. The van der Waals surface area contributed by atoms with Crippen molar-refractivity contribution in [2.45, 2.75) is 57.8 Å². The molecule has 0 bridgehead atoms. The number of allylic oxidation sites excluding steroid dienone is 1. The van der Waals surface area contributed by atoms with Crippen LogP contribution < -0.4 is 4.74 Å². The normalized spacial score (nSPS) is 25.6. The second kappa shape index (κ2) is 12.3. The van der Waals surface area contributed by atoms with Crippen molar-refractivity contribution in [3.8, 4) is 33.8 Å². The smallest absolute Gasteiger partial charge is 0.135 e. The molecule has 2 heterocycles. The first-order valence-electron chi connectivity index (χ1n) is 21.2. The van der Waals surface area contributed by atoms with Crippen molar-refractivity contribution >= 4 is 17.2 Å². The van der Waals surface area contributed by atoms with E-state index in [0.29, 0.717) is 0 Å². The number of fused-ring (bicyclic) bond motifs is 9. The molecule has 12 rings (SSSR count). The predicted molar refractivity (Wildman–Crippen MR) is 232 cm³/mol. The van der Waals surface area contributed by atoms with Crippen LogP contribution in [-0.2, 0) is 5.41 Å². The fourth-order valence-corrected chi connectivity index (χ4v) is 12.3. The zero-order chi connectivity index (χ0) is 37.9. The van der Waals surface area contributed by atoms with E-state index >= 15 is 0 Å². The molecule has 0 N–H and O–H groups in total. The maximum absolute atomic E-state index is 6.61. The van der Waals surface area contributed by atoms with Gasteiger partial charge in [0, 0.05) is 28.5 Å². The molecule has 57 heavy (non-hydrogen) atoms. The highest BCUT2D eigenvalue weighted by Gasteiger charge is 2.60. The minimum Gasteiger partial charge on any atom is -0.457 e. The summed E-state index contributed by atoms with van der Waals surface area (Å²) >= 11 is 0. The van der Waals surface area contributed by atoms with E-state index in [1.807, 2.05) is 0 Å². The SMILES string of the molecule is CCC1=C(c2ccccc2)N=C(C2(C)CC3CC4C[C@H](C2)C43)N=C(c2cccc(-c3ccc4c(c3)C3(c5ccccc5Oc5ccccc53)c3ccccc3-4)c2)C1. The third kappa shape index (κ3) is 4.78. The molecule has 0 saturated heterocycles. The molecule has 0 amide bonds. The topological polar surface area (TPSA) is 34.0 Å². The van der Waals surface area contributed by atoms with Gasteiger partial charge in [-0.05, 0) is 125 Å². The number of ether oxygens (including phenoxy) is 1. The summed E-state index contributed by atoms with van der Waals surface area (Å²) in [5.41, 5.74) is 15.5. The van der Waals surface area contributed by atoms with Crippen molar-refractivity contribution in [2.24, 2.45) is 39.1 Å². The molecule has 3 heteroatoms. The van der Waals surface area contributed by atoms with Gasteiger partial charge in [-0.25, -0.2) is 9.98 Å². The fourth-order valence-electron chi connectivity index (χ4n) is 12.3. The predicted octanol–water partition coefficient (Wildman–Crippen LogP) is 13.3. The first kappa shape index (κ1) is 33.4. The van der Waals surface area contributed by atoms with Crippen LogP contribution in [0.25, 0.3) is 28.0 Å². The van der Waals surface area contributed by atoms with E-state index in [-0.39, 0.29) is 5.41 Å². The summed E-state index contributed by atoms with van der Waals surface area (Å²) in [4.78, 5) is 11.3. The van der Waals surface area contributed by atoms with Crippen molar-refractivity contribution < 1.29 is 4.74 Å². The molecule has 3 fully saturated rings. The molecule has 6 aromatic rings. The van der Waals surface area contributed by atoms with Crippen LogP contribution in [0.1, 0.15) is 85.8 Å². The fraction of sp³-hybridized carbons (Fsp3) is 0.259. The number of nitrogens with zero attached hydrogens (tertiary/aromatic N) is 2. The van der Waals surface area contributed by atoms with E-state index < -0.39 is 5.41 Å². The lowest BCUT2D eigenvalue weighted by Gasteiger charge is -2.65. The summed E-state index contributed by atoms with van der Waals surface area (Å²) in [7, 11) is 0. The average Bonchev–Trinajstić information content (AvgIpc) is 3.36. The Morgan fingerprint density at radius 1 is 0.561 bits per heavy atom. The molecule has 0 radical (unpaired) electrons. The molecule has 4 unspecified atom stereocenters. The number of para-hydroxylation sites is 2. The Labute approximate surface area is 335 Å². The number of hydrogen-bond donors (Lipinski definition) is 0. The first-order chi connectivity index (χ1) is 28.0. The quantitative estimate of drug-likeness (QED) is 0.173. The maximum atomic E-state index is 6.61. The highest BCUT2D eigenvalue weighted by atomic mass is 16.5. The van der Waals surface area contributed by atoms with Crippen LogP contribution >= 0.6 is 0 Å². The summed E-state index contributed by atoms with van der Waals surface area (Å²) in [6.07, 6.45) is 6.95. The van der Waals surface area contributed by atoms with Crippen LogP contribution in [-0.4, -0.2) is 11.5 Å². The molecule has 2 aliphatic heterocycles. The number of aliphatic imine (C=N–C) groups is 2. The molecule has 6 aliphatic rings. The van der Waals surface area contributed by atoms with Gasteiger partial charge in [0.15, 0.2) is 0 Å². The van der Waals surface area contributed by atoms with E-state index in [4.69, 9.17) is 14.7 Å². The molecule has 3 nitrogen and oxygen atoms in total. The Bertz CT molecular complexity index is 2670. The second-order valence-electron chi connectivity index (χ2n) is 17.9. The van der Waals surface area contributed by atoms with Gasteiger partial charge in [-0.3, -0.25) is 0 Å². The Kier molecular flexibility index (Phi) is 7.22. The van der Waals surface area contributed by atoms with E-state index in [2.05, 4.69) is 159 Å². The van der Waals surface area contributed by atoms with Crippen molar-refractivity contribution in [3.05, 3.63) is 185 Å². The number of amidine groups is 1. The second-order valence-corrected chi connectivity index (χ2v) is 17.9. The first-order valence-corrected chi connectivity index (χ1v) is 21.2. The van der Waals surface area contributed by atoms with E-state index in [0.717, 1.165) is 65.3 Å². The van der Waals surface area contributed by atoms with Gasteiger partial charge in [-0.2, -0.15) is 0 Å². The third-order valence-electron chi connectivity index (χ3n) is 14.8. The van der Waals surface area contributed by atoms with Gasteiger partial charge in [0.2, 0.25) is 0 Å². The molecule has 6 aromatic carbocycles. The summed E-state index contributed by atoms with van der Waals surface area (Å²) in [6.45, 7) is 4.77. The van der Waals surface area contributed by atoms with Crippen LogP contribution in [0.4, 0.5) is 0 Å². The monoisotopic (exact) mass is 738 g/mol. The van der Waals surface area contributed by atoms with Gasteiger partial charge in [0.05, 0.1) is 16.8 Å². The van der Waals surface area contributed by atoms with E-state index in [9.17, 15) is 0 Å². The lowest BCUT2D eigenvalue weighted by molar-refractivity contribution is -0.144. The van der Waals surface area contributed by atoms with Crippen molar-refractivity contribution in [1.29, 1.82) is 0 Å². The Morgan fingerprint density at radius 2 is 1.18 bits per heavy atom. The highest BCUT2D eigenvalue weighted by molar-refractivity contribution is 6.13. The zero-order valence-corrected chi connectivity index (χ0v) is 32.7.